The first kappa shape index (κ1) is 13.2. The number of rotatable bonds is 4. The van der Waals surface area contributed by atoms with Crippen LogP contribution in [0, 0.1) is 0 Å². The first-order valence-electron chi connectivity index (χ1n) is 4.73. The van der Waals surface area contributed by atoms with E-state index in [1.807, 2.05) is 0 Å². The summed E-state index contributed by atoms with van der Waals surface area (Å²) >= 11 is 0. The van der Waals surface area contributed by atoms with Crippen LogP contribution in [0.1, 0.15) is 12.8 Å². The fourth-order valence-corrected chi connectivity index (χ4v) is 1.71. The van der Waals surface area contributed by atoms with Crippen molar-refractivity contribution in [2.24, 2.45) is 11.6 Å². The van der Waals surface area contributed by atoms with Crippen molar-refractivity contribution < 1.29 is 18.7 Å². The van der Waals surface area contributed by atoms with Crippen molar-refractivity contribution in [3.8, 4) is 0 Å². The Labute approximate surface area is 96.3 Å². The molecule has 6 nitrogen and oxygen atoms in total. The summed E-state index contributed by atoms with van der Waals surface area (Å²) in [5, 5.41) is 11.1. The molecule has 0 radical (unpaired) electrons. The molecular weight excluding hydrogens is 234 g/mol. The van der Waals surface area contributed by atoms with E-state index < -0.39 is 36.0 Å². The minimum atomic E-state index is -2.91. The summed E-state index contributed by atoms with van der Waals surface area (Å²) in [6.07, 6.45) is -0.193. The number of aliphatic hydroxyl groups is 1. The van der Waals surface area contributed by atoms with Crippen LogP contribution in [0.2, 0.25) is 0 Å². The molecule has 1 saturated carbocycles. The second-order valence-electron chi connectivity index (χ2n) is 3.96. The Kier molecular flexibility index (Phi) is 3.28. The summed E-state index contributed by atoms with van der Waals surface area (Å²) in [5.41, 5.74) is 6.21. The zero-order valence-corrected chi connectivity index (χ0v) is 8.96. The maximum absolute atomic E-state index is 12.9. The van der Waals surface area contributed by atoms with Gasteiger partial charge in [-0.1, -0.05) is 6.58 Å². The van der Waals surface area contributed by atoms with Gasteiger partial charge in [0.1, 0.15) is 0 Å². The summed E-state index contributed by atoms with van der Waals surface area (Å²) in [4.78, 5) is 11.2. The van der Waals surface area contributed by atoms with Gasteiger partial charge in [0.2, 0.25) is 0 Å². The molecule has 8 heteroatoms. The molecule has 1 amide bonds. The van der Waals surface area contributed by atoms with Crippen LogP contribution in [0.15, 0.2) is 24.2 Å². The topological polar surface area (TPSA) is 113 Å². The van der Waals surface area contributed by atoms with E-state index in [-0.39, 0.29) is 5.70 Å². The number of carbonyl (C=O) groups is 1. The molecule has 0 atom stereocenters. The molecule has 0 aromatic carbocycles. The van der Waals surface area contributed by atoms with E-state index in [1.165, 1.54) is 0 Å². The lowest BCUT2D eigenvalue weighted by molar-refractivity contribution is -0.139. The molecule has 0 heterocycles. The van der Waals surface area contributed by atoms with Crippen LogP contribution in [0.5, 0.6) is 0 Å². The maximum Gasteiger partial charge on any atom is 0.286 e. The average molecular weight is 248 g/mol. The summed E-state index contributed by atoms with van der Waals surface area (Å²) in [6, 6.07) is 0. The molecule has 0 aromatic rings. The first-order chi connectivity index (χ1) is 7.72. The van der Waals surface area contributed by atoms with Gasteiger partial charge in [-0.3, -0.25) is 10.6 Å². The average Bonchev–Trinajstić information content (AvgIpc) is 2.14. The van der Waals surface area contributed by atoms with Gasteiger partial charge in [-0.25, -0.2) is 8.78 Å². The van der Waals surface area contributed by atoms with Crippen LogP contribution in [-0.2, 0) is 4.79 Å². The third-order valence-electron chi connectivity index (χ3n) is 2.53. The van der Waals surface area contributed by atoms with Gasteiger partial charge in [-0.05, 0) is 0 Å². The fraction of sp³-hybridized carbons (Fsp3) is 0.444. The Morgan fingerprint density at radius 2 is 2.00 bits per heavy atom. The highest BCUT2D eigenvalue weighted by Crippen LogP contribution is 2.48. The minimum Gasteiger partial charge on any atom is -0.503 e. The van der Waals surface area contributed by atoms with E-state index in [0.29, 0.717) is 0 Å². The van der Waals surface area contributed by atoms with E-state index in [2.05, 4.69) is 17.3 Å². The lowest BCUT2D eigenvalue weighted by Gasteiger charge is -2.47. The molecule has 7 N–H and O–H groups in total. The number of hydrogen-bond acceptors (Lipinski definition) is 5. The van der Waals surface area contributed by atoms with E-state index >= 15 is 0 Å². The van der Waals surface area contributed by atoms with Gasteiger partial charge < -0.3 is 21.6 Å². The maximum atomic E-state index is 12.9. The summed E-state index contributed by atoms with van der Waals surface area (Å²) in [7, 11) is 0. The standard InChI is InChI=1S/C9H14F2N4O2/c1-5(16)7(17)15-8(6(12)2-14-13)3-9(10,11)4-8/h2,14,16H,1,3-4,12-13H2,(H,15,17)/b6-2-. The lowest BCUT2D eigenvalue weighted by atomic mass is 9.71. The van der Waals surface area contributed by atoms with E-state index in [1.54, 1.807) is 0 Å². The van der Waals surface area contributed by atoms with Crippen LogP contribution in [0.25, 0.3) is 0 Å². The largest absolute Gasteiger partial charge is 0.503 e. The lowest BCUT2D eigenvalue weighted by Crippen LogP contribution is -2.65. The number of amides is 1. The first-order valence-corrected chi connectivity index (χ1v) is 4.73. The van der Waals surface area contributed by atoms with Gasteiger partial charge >= 0.3 is 0 Å². The number of nitrogens with one attached hydrogen (secondary N) is 2. The summed E-state index contributed by atoms with van der Waals surface area (Å²) in [5.74, 6) is 0.364. The van der Waals surface area contributed by atoms with Gasteiger partial charge in [0.05, 0.1) is 11.2 Å². The van der Waals surface area contributed by atoms with Crippen LogP contribution < -0.4 is 22.3 Å². The monoisotopic (exact) mass is 248 g/mol. The number of alkyl halides is 2. The molecule has 1 aliphatic carbocycles. The molecule has 0 aromatic heterocycles. The number of hydrogen-bond donors (Lipinski definition) is 5. The van der Waals surface area contributed by atoms with E-state index in [4.69, 9.17) is 16.7 Å². The van der Waals surface area contributed by atoms with Gasteiger partial charge in [0, 0.05) is 19.0 Å². The van der Waals surface area contributed by atoms with Crippen molar-refractivity contribution in [3.05, 3.63) is 24.2 Å². The fourth-order valence-electron chi connectivity index (χ4n) is 1.71. The predicted octanol–water partition coefficient (Wildman–Crippen LogP) is -0.394. The Hall–Kier alpha value is -1.83. The molecule has 1 aliphatic rings. The Bertz CT molecular complexity index is 373. The third-order valence-corrected chi connectivity index (χ3v) is 2.53. The molecule has 96 valence electrons. The number of carbonyl (C=O) groups excluding carboxylic acids is 1. The van der Waals surface area contributed by atoms with Crippen LogP contribution in [0.4, 0.5) is 8.78 Å². The van der Waals surface area contributed by atoms with Gasteiger partial charge in [-0.15, -0.1) is 0 Å². The van der Waals surface area contributed by atoms with Crippen molar-refractivity contribution in [1.29, 1.82) is 0 Å². The van der Waals surface area contributed by atoms with Crippen molar-refractivity contribution in [3.63, 3.8) is 0 Å². The van der Waals surface area contributed by atoms with Crippen molar-refractivity contribution in [2.45, 2.75) is 24.3 Å². The van der Waals surface area contributed by atoms with Crippen LogP contribution in [0.3, 0.4) is 0 Å². The van der Waals surface area contributed by atoms with Gasteiger partial charge in [0.25, 0.3) is 11.8 Å². The van der Waals surface area contributed by atoms with Crippen molar-refractivity contribution >= 4 is 5.91 Å². The molecule has 0 unspecified atom stereocenters. The smallest absolute Gasteiger partial charge is 0.286 e. The normalized spacial score (nSPS) is 21.2. The molecule has 0 saturated heterocycles. The third kappa shape index (κ3) is 2.64. The molecule has 0 aliphatic heterocycles. The molecule has 0 spiro atoms. The second-order valence-corrected chi connectivity index (χ2v) is 3.96. The molecular formula is C9H14F2N4O2. The molecule has 0 bridgehead atoms. The van der Waals surface area contributed by atoms with Gasteiger partial charge in [-0.2, -0.15) is 0 Å². The minimum absolute atomic E-state index is 0.0412. The molecule has 17 heavy (non-hydrogen) atoms. The Morgan fingerprint density at radius 1 is 1.47 bits per heavy atom. The second kappa shape index (κ2) is 4.21. The van der Waals surface area contributed by atoms with Crippen LogP contribution in [-0.4, -0.2) is 22.5 Å². The predicted molar refractivity (Wildman–Crippen MR) is 56.4 cm³/mol. The molecule has 1 rings (SSSR count). The van der Waals surface area contributed by atoms with Gasteiger partial charge in [0.15, 0.2) is 5.76 Å². The highest BCUT2D eigenvalue weighted by atomic mass is 19.3. The number of hydrazine groups is 1. The van der Waals surface area contributed by atoms with E-state index in [9.17, 15) is 13.6 Å². The zero-order valence-electron chi connectivity index (χ0n) is 8.96. The SMILES string of the molecule is C=C(O)C(=O)NC1(/C(N)=C/NN)CC(F)(F)C1. The highest BCUT2D eigenvalue weighted by molar-refractivity contribution is 5.91. The Balaban J connectivity index is 2.87. The van der Waals surface area contributed by atoms with E-state index in [0.717, 1.165) is 6.20 Å². The highest BCUT2D eigenvalue weighted by Gasteiger charge is 2.59. The summed E-state index contributed by atoms with van der Waals surface area (Å²) in [6.45, 7) is 2.99. The van der Waals surface area contributed by atoms with Crippen LogP contribution >= 0.6 is 0 Å². The van der Waals surface area contributed by atoms with Crippen molar-refractivity contribution in [2.75, 3.05) is 0 Å². The number of nitrogens with two attached hydrogens (primary N) is 2. The quantitative estimate of drug-likeness (QED) is 0.201. The van der Waals surface area contributed by atoms with Crippen molar-refractivity contribution in [1.82, 2.24) is 10.7 Å². The Morgan fingerprint density at radius 3 is 2.35 bits per heavy atom. The molecule has 1 fully saturated rings. The number of aliphatic hydroxyl groups excluding tert-OH is 1. The zero-order chi connectivity index (χ0) is 13.3. The number of halogens is 2. The summed E-state index contributed by atoms with van der Waals surface area (Å²) < 4.78 is 25.8.